The molecular formula is C16H19ClN4O3. The fourth-order valence-electron chi connectivity index (χ4n) is 2.19. The Hall–Kier alpha value is -2.41. The molecule has 0 bridgehead atoms. The van der Waals surface area contributed by atoms with Gasteiger partial charge in [-0.2, -0.15) is 0 Å². The summed E-state index contributed by atoms with van der Waals surface area (Å²) in [6, 6.07) is 7.38. The highest BCUT2D eigenvalue weighted by atomic mass is 35.5. The van der Waals surface area contributed by atoms with E-state index in [-0.39, 0.29) is 18.1 Å². The van der Waals surface area contributed by atoms with Crippen LogP contribution in [0.2, 0.25) is 5.02 Å². The average Bonchev–Trinajstić information content (AvgIpc) is 3.01. The smallest absolute Gasteiger partial charge is 0.358 e. The molecule has 0 aliphatic carbocycles. The lowest BCUT2D eigenvalue weighted by Crippen LogP contribution is -2.34. The zero-order valence-corrected chi connectivity index (χ0v) is 14.1. The van der Waals surface area contributed by atoms with Gasteiger partial charge in [0.05, 0.1) is 6.20 Å². The highest BCUT2D eigenvalue weighted by Crippen LogP contribution is 2.17. The summed E-state index contributed by atoms with van der Waals surface area (Å²) in [5, 5.41) is 16.7. The maximum absolute atomic E-state index is 12.6. The second kappa shape index (κ2) is 8.44. The molecule has 0 saturated carbocycles. The number of aromatic carboxylic acids is 1. The molecule has 1 aromatic carbocycles. The van der Waals surface area contributed by atoms with Crippen molar-refractivity contribution < 1.29 is 14.7 Å². The molecule has 0 aliphatic rings. The highest BCUT2D eigenvalue weighted by molar-refractivity contribution is 6.31. The monoisotopic (exact) mass is 350 g/mol. The number of unbranched alkanes of at least 4 members (excludes halogenated alkanes) is 1. The van der Waals surface area contributed by atoms with E-state index in [0.717, 1.165) is 18.4 Å². The van der Waals surface area contributed by atoms with Crippen molar-refractivity contribution >= 4 is 23.5 Å². The van der Waals surface area contributed by atoms with Gasteiger partial charge in [0.25, 0.3) is 0 Å². The molecule has 2 rings (SSSR count). The van der Waals surface area contributed by atoms with Crippen LogP contribution in [0.15, 0.2) is 30.5 Å². The summed E-state index contributed by atoms with van der Waals surface area (Å²) in [6.45, 7) is 2.99. The summed E-state index contributed by atoms with van der Waals surface area (Å²) in [7, 11) is 0. The predicted molar refractivity (Wildman–Crippen MR) is 88.8 cm³/mol. The van der Waals surface area contributed by atoms with Crippen LogP contribution >= 0.6 is 11.6 Å². The first-order chi connectivity index (χ1) is 11.5. The fraction of sp³-hybridized carbons (Fsp3) is 0.375. The quantitative estimate of drug-likeness (QED) is 0.790. The van der Waals surface area contributed by atoms with Gasteiger partial charge in [0.15, 0.2) is 5.69 Å². The van der Waals surface area contributed by atoms with Gasteiger partial charge in [-0.25, -0.2) is 9.48 Å². The second-order valence-electron chi connectivity index (χ2n) is 5.37. The molecular weight excluding hydrogens is 332 g/mol. The molecule has 0 unspecified atom stereocenters. The zero-order chi connectivity index (χ0) is 17.5. The van der Waals surface area contributed by atoms with Crippen molar-refractivity contribution in [2.45, 2.75) is 32.9 Å². The lowest BCUT2D eigenvalue weighted by Gasteiger charge is -2.23. The van der Waals surface area contributed by atoms with E-state index in [9.17, 15) is 9.59 Å². The van der Waals surface area contributed by atoms with Gasteiger partial charge >= 0.3 is 5.97 Å². The predicted octanol–water partition coefficient (Wildman–Crippen LogP) is 2.46. The molecule has 1 amide bonds. The second-order valence-corrected chi connectivity index (χ2v) is 5.77. The number of carboxylic acid groups (broad SMARTS) is 1. The molecule has 0 radical (unpaired) electrons. The molecule has 1 aromatic heterocycles. The van der Waals surface area contributed by atoms with Gasteiger partial charge < -0.3 is 10.0 Å². The van der Waals surface area contributed by atoms with Crippen molar-refractivity contribution in [2.75, 3.05) is 6.54 Å². The Morgan fingerprint density at radius 1 is 1.33 bits per heavy atom. The number of carbonyl (C=O) groups excluding carboxylic acids is 1. The molecule has 24 heavy (non-hydrogen) atoms. The van der Waals surface area contributed by atoms with E-state index in [4.69, 9.17) is 16.7 Å². The van der Waals surface area contributed by atoms with Gasteiger partial charge in [0, 0.05) is 18.1 Å². The minimum atomic E-state index is -1.17. The highest BCUT2D eigenvalue weighted by Gasteiger charge is 2.17. The van der Waals surface area contributed by atoms with Gasteiger partial charge in [0.1, 0.15) is 6.54 Å². The van der Waals surface area contributed by atoms with Crippen molar-refractivity contribution in [1.29, 1.82) is 0 Å². The van der Waals surface area contributed by atoms with Crippen molar-refractivity contribution in [1.82, 2.24) is 19.9 Å². The number of carboxylic acids is 1. The summed E-state index contributed by atoms with van der Waals surface area (Å²) in [5.41, 5.74) is 0.683. The standard InChI is InChI=1S/C16H19ClN4O3/c1-2-3-8-20(9-12-6-4-5-7-13(12)17)15(22)11-21-10-14(16(23)24)18-19-21/h4-7,10H,2-3,8-9,11H2,1H3,(H,23,24). The first-order valence-corrected chi connectivity index (χ1v) is 8.03. The molecule has 0 fully saturated rings. The van der Waals surface area contributed by atoms with Crippen LogP contribution in [0.4, 0.5) is 0 Å². The Kier molecular flexibility index (Phi) is 6.31. The summed E-state index contributed by atoms with van der Waals surface area (Å²) in [6.07, 6.45) is 3.07. The van der Waals surface area contributed by atoms with Crippen LogP contribution < -0.4 is 0 Å². The SMILES string of the molecule is CCCCN(Cc1ccccc1Cl)C(=O)Cn1cc(C(=O)O)nn1. The van der Waals surface area contributed by atoms with Gasteiger partial charge in [-0.05, 0) is 18.1 Å². The van der Waals surface area contributed by atoms with E-state index >= 15 is 0 Å². The Morgan fingerprint density at radius 3 is 2.71 bits per heavy atom. The van der Waals surface area contributed by atoms with Crippen LogP contribution in [-0.4, -0.2) is 43.4 Å². The lowest BCUT2D eigenvalue weighted by atomic mass is 10.2. The Balaban J connectivity index is 2.09. The van der Waals surface area contributed by atoms with Crippen LogP contribution in [0.5, 0.6) is 0 Å². The zero-order valence-electron chi connectivity index (χ0n) is 13.4. The summed E-state index contributed by atoms with van der Waals surface area (Å²) in [4.78, 5) is 25.1. The number of hydrogen-bond donors (Lipinski definition) is 1. The maximum atomic E-state index is 12.6. The average molecular weight is 351 g/mol. The van der Waals surface area contributed by atoms with Crippen molar-refractivity contribution in [3.63, 3.8) is 0 Å². The van der Waals surface area contributed by atoms with Crippen LogP contribution in [-0.2, 0) is 17.9 Å². The normalized spacial score (nSPS) is 10.6. The number of halogens is 1. The van der Waals surface area contributed by atoms with Crippen molar-refractivity contribution in [3.05, 3.63) is 46.7 Å². The minimum Gasteiger partial charge on any atom is -0.476 e. The van der Waals surface area contributed by atoms with Crippen LogP contribution in [0.3, 0.4) is 0 Å². The topological polar surface area (TPSA) is 88.3 Å². The maximum Gasteiger partial charge on any atom is 0.358 e. The molecule has 0 spiro atoms. The van der Waals surface area contributed by atoms with E-state index in [1.807, 2.05) is 18.2 Å². The molecule has 8 heteroatoms. The van der Waals surface area contributed by atoms with Crippen LogP contribution in [0.25, 0.3) is 0 Å². The third-order valence-electron chi connectivity index (χ3n) is 3.51. The number of carbonyl (C=O) groups is 2. The number of nitrogens with zero attached hydrogens (tertiary/aromatic N) is 4. The van der Waals surface area contributed by atoms with Crippen LogP contribution in [0, 0.1) is 0 Å². The summed E-state index contributed by atoms with van der Waals surface area (Å²) < 4.78 is 1.23. The summed E-state index contributed by atoms with van der Waals surface area (Å²) in [5.74, 6) is -1.34. The largest absolute Gasteiger partial charge is 0.476 e. The van der Waals surface area contributed by atoms with E-state index in [0.29, 0.717) is 18.1 Å². The van der Waals surface area contributed by atoms with Crippen molar-refractivity contribution in [2.24, 2.45) is 0 Å². The van der Waals surface area contributed by atoms with Gasteiger partial charge in [-0.3, -0.25) is 4.79 Å². The third kappa shape index (κ3) is 4.79. The van der Waals surface area contributed by atoms with Gasteiger partial charge in [-0.15, -0.1) is 5.10 Å². The number of hydrogen-bond acceptors (Lipinski definition) is 4. The van der Waals surface area contributed by atoms with Gasteiger partial charge in [-0.1, -0.05) is 48.4 Å². The van der Waals surface area contributed by atoms with E-state index in [1.54, 1.807) is 11.0 Å². The molecule has 128 valence electrons. The fourth-order valence-corrected chi connectivity index (χ4v) is 2.38. The van der Waals surface area contributed by atoms with E-state index in [1.165, 1.54) is 10.9 Å². The Morgan fingerprint density at radius 2 is 2.08 bits per heavy atom. The number of amides is 1. The Bertz CT molecular complexity index is 717. The summed E-state index contributed by atoms with van der Waals surface area (Å²) >= 11 is 6.17. The molecule has 1 heterocycles. The van der Waals surface area contributed by atoms with E-state index in [2.05, 4.69) is 17.2 Å². The first kappa shape index (κ1) is 17.9. The van der Waals surface area contributed by atoms with Crippen LogP contribution in [0.1, 0.15) is 35.8 Å². The molecule has 7 nitrogen and oxygen atoms in total. The third-order valence-corrected chi connectivity index (χ3v) is 3.88. The van der Waals surface area contributed by atoms with Crippen molar-refractivity contribution in [3.8, 4) is 0 Å². The number of benzene rings is 1. The molecule has 0 saturated heterocycles. The first-order valence-electron chi connectivity index (χ1n) is 7.66. The minimum absolute atomic E-state index is 0.0611. The number of rotatable bonds is 8. The molecule has 1 N–H and O–H groups in total. The molecule has 0 aliphatic heterocycles. The van der Waals surface area contributed by atoms with E-state index < -0.39 is 5.97 Å². The molecule has 2 aromatic rings. The number of aromatic nitrogens is 3. The lowest BCUT2D eigenvalue weighted by molar-refractivity contribution is -0.132. The molecule has 0 atom stereocenters. The van der Waals surface area contributed by atoms with Gasteiger partial charge in [0.2, 0.25) is 5.91 Å². The Labute approximate surface area is 144 Å².